The molecule has 6 heteroatoms. The van der Waals surface area contributed by atoms with E-state index in [1.165, 1.54) is 17.3 Å². The number of Topliss-reactive ketones (excluding diaryl/α,β-unsaturated/α-hetero) is 2. The van der Waals surface area contributed by atoms with Gasteiger partial charge in [0.05, 0.1) is 0 Å². The number of benzene rings is 1. The number of nitrogens with zero attached hydrogens (tertiary/aromatic N) is 3. The summed E-state index contributed by atoms with van der Waals surface area (Å²) >= 11 is 0. The first-order valence-electron chi connectivity index (χ1n) is 6.98. The van der Waals surface area contributed by atoms with Gasteiger partial charge in [-0.25, -0.2) is 9.67 Å². The quantitative estimate of drug-likeness (QED) is 0.849. The van der Waals surface area contributed by atoms with Crippen molar-refractivity contribution in [1.29, 1.82) is 0 Å². The van der Waals surface area contributed by atoms with Crippen molar-refractivity contribution in [3.05, 3.63) is 48.5 Å². The zero-order valence-electron chi connectivity index (χ0n) is 12.8. The van der Waals surface area contributed by atoms with Crippen molar-refractivity contribution < 1.29 is 14.7 Å². The lowest BCUT2D eigenvalue weighted by atomic mass is 9.83. The van der Waals surface area contributed by atoms with Crippen molar-refractivity contribution in [3.63, 3.8) is 0 Å². The van der Waals surface area contributed by atoms with Crippen LogP contribution in [0.3, 0.4) is 0 Å². The fourth-order valence-corrected chi connectivity index (χ4v) is 2.13. The molecular formula is C16H19N3O3. The molecule has 0 radical (unpaired) electrons. The van der Waals surface area contributed by atoms with E-state index in [9.17, 15) is 14.7 Å². The van der Waals surface area contributed by atoms with E-state index in [4.69, 9.17) is 0 Å². The van der Waals surface area contributed by atoms with Crippen LogP contribution in [0.1, 0.15) is 37.2 Å². The van der Waals surface area contributed by atoms with Gasteiger partial charge in [0, 0.05) is 11.0 Å². The highest BCUT2D eigenvalue weighted by molar-refractivity contribution is 6.03. The molecule has 2 atom stereocenters. The Bertz CT molecular complexity index is 645. The van der Waals surface area contributed by atoms with Crippen LogP contribution in [-0.2, 0) is 4.79 Å². The third kappa shape index (κ3) is 3.28. The van der Waals surface area contributed by atoms with Gasteiger partial charge in [0.25, 0.3) is 0 Å². The Labute approximate surface area is 128 Å². The third-order valence-electron chi connectivity index (χ3n) is 3.36. The zero-order valence-corrected chi connectivity index (χ0v) is 12.8. The molecule has 116 valence electrons. The second kappa shape index (κ2) is 6.19. The Morgan fingerprint density at radius 3 is 2.32 bits per heavy atom. The number of carbonyl (C=O) groups excluding carboxylic acids is 2. The molecule has 0 saturated carbocycles. The van der Waals surface area contributed by atoms with Crippen LogP contribution < -0.4 is 0 Å². The summed E-state index contributed by atoms with van der Waals surface area (Å²) in [4.78, 5) is 28.9. The van der Waals surface area contributed by atoms with E-state index < -0.39 is 23.3 Å². The van der Waals surface area contributed by atoms with Crippen LogP contribution in [0.5, 0.6) is 0 Å². The first-order valence-corrected chi connectivity index (χ1v) is 6.98. The van der Waals surface area contributed by atoms with Crippen LogP contribution in [0.15, 0.2) is 43.0 Å². The van der Waals surface area contributed by atoms with Gasteiger partial charge in [-0.1, -0.05) is 51.1 Å². The Morgan fingerprint density at radius 2 is 1.82 bits per heavy atom. The number of carbonyl (C=O) groups is 2. The van der Waals surface area contributed by atoms with Gasteiger partial charge in [0.15, 0.2) is 11.6 Å². The van der Waals surface area contributed by atoms with Crippen LogP contribution in [0.2, 0.25) is 0 Å². The molecule has 1 aromatic carbocycles. The van der Waals surface area contributed by atoms with Crippen molar-refractivity contribution in [2.45, 2.75) is 32.9 Å². The second-order valence-corrected chi connectivity index (χ2v) is 6.11. The van der Waals surface area contributed by atoms with Crippen LogP contribution in [0.25, 0.3) is 0 Å². The topological polar surface area (TPSA) is 85.1 Å². The summed E-state index contributed by atoms with van der Waals surface area (Å²) in [5, 5.41) is 14.4. The van der Waals surface area contributed by atoms with Gasteiger partial charge in [-0.15, -0.1) is 0 Å². The Kier molecular flexibility index (Phi) is 4.51. The maximum absolute atomic E-state index is 12.7. The van der Waals surface area contributed by atoms with Gasteiger partial charge in [0.1, 0.15) is 24.8 Å². The molecule has 1 N–H and O–H groups in total. The first-order chi connectivity index (χ1) is 10.3. The second-order valence-electron chi connectivity index (χ2n) is 6.11. The highest BCUT2D eigenvalue weighted by Crippen LogP contribution is 2.25. The minimum Gasteiger partial charge on any atom is -0.383 e. The molecule has 0 aliphatic carbocycles. The van der Waals surface area contributed by atoms with E-state index in [-0.39, 0.29) is 5.78 Å². The lowest BCUT2D eigenvalue weighted by Crippen LogP contribution is -2.42. The van der Waals surface area contributed by atoms with E-state index in [1.54, 1.807) is 51.1 Å². The summed E-state index contributed by atoms with van der Waals surface area (Å²) in [5.74, 6) is -0.798. The van der Waals surface area contributed by atoms with Crippen LogP contribution >= 0.6 is 0 Å². The van der Waals surface area contributed by atoms with Crippen molar-refractivity contribution in [3.8, 4) is 0 Å². The number of rotatable bonds is 5. The van der Waals surface area contributed by atoms with Gasteiger partial charge in [-0.2, -0.15) is 5.10 Å². The number of aromatic nitrogens is 3. The Hall–Kier alpha value is -2.34. The molecule has 22 heavy (non-hydrogen) atoms. The zero-order chi connectivity index (χ0) is 16.3. The SMILES string of the molecule is CC(C)(C)C(=O)C(O)C(C(=O)c1ccccc1)n1cncn1. The largest absolute Gasteiger partial charge is 0.383 e. The molecule has 2 rings (SSSR count). The summed E-state index contributed by atoms with van der Waals surface area (Å²) in [6.45, 7) is 5.10. The van der Waals surface area contributed by atoms with E-state index in [0.29, 0.717) is 5.56 Å². The molecule has 0 aliphatic rings. The smallest absolute Gasteiger partial charge is 0.190 e. The van der Waals surface area contributed by atoms with Crippen LogP contribution in [0, 0.1) is 5.41 Å². The summed E-state index contributed by atoms with van der Waals surface area (Å²) < 4.78 is 1.23. The maximum Gasteiger partial charge on any atom is 0.190 e. The van der Waals surface area contributed by atoms with Crippen molar-refractivity contribution in [2.24, 2.45) is 5.41 Å². The predicted molar refractivity (Wildman–Crippen MR) is 80.3 cm³/mol. The maximum atomic E-state index is 12.7. The third-order valence-corrected chi connectivity index (χ3v) is 3.36. The molecule has 2 unspecified atom stereocenters. The molecular weight excluding hydrogens is 282 g/mol. The number of hydrogen-bond acceptors (Lipinski definition) is 5. The average molecular weight is 301 g/mol. The molecule has 0 fully saturated rings. The molecule has 1 aromatic heterocycles. The molecule has 0 aliphatic heterocycles. The monoisotopic (exact) mass is 301 g/mol. The minimum atomic E-state index is -1.49. The summed E-state index contributed by atoms with van der Waals surface area (Å²) in [6.07, 6.45) is 1.10. The van der Waals surface area contributed by atoms with E-state index >= 15 is 0 Å². The molecule has 0 bridgehead atoms. The van der Waals surface area contributed by atoms with Crippen molar-refractivity contribution >= 4 is 11.6 Å². The van der Waals surface area contributed by atoms with Crippen molar-refractivity contribution in [1.82, 2.24) is 14.8 Å². The number of ketones is 2. The summed E-state index contributed by atoms with van der Waals surface area (Å²) in [7, 11) is 0. The molecule has 0 spiro atoms. The van der Waals surface area contributed by atoms with Gasteiger partial charge in [-0.3, -0.25) is 9.59 Å². The van der Waals surface area contributed by atoms with Gasteiger partial charge in [-0.05, 0) is 0 Å². The Balaban J connectivity index is 2.41. The number of hydrogen-bond donors (Lipinski definition) is 1. The lowest BCUT2D eigenvalue weighted by molar-refractivity contribution is -0.136. The van der Waals surface area contributed by atoms with Crippen molar-refractivity contribution in [2.75, 3.05) is 0 Å². The fraction of sp³-hybridized carbons (Fsp3) is 0.375. The highest BCUT2D eigenvalue weighted by Gasteiger charge is 2.39. The van der Waals surface area contributed by atoms with Crippen LogP contribution in [0.4, 0.5) is 0 Å². The van der Waals surface area contributed by atoms with Gasteiger partial charge >= 0.3 is 0 Å². The number of aliphatic hydroxyl groups is 1. The fourth-order valence-electron chi connectivity index (χ4n) is 2.13. The summed E-state index contributed by atoms with van der Waals surface area (Å²) in [5.41, 5.74) is -0.362. The molecule has 0 saturated heterocycles. The normalized spacial score (nSPS) is 14.4. The van der Waals surface area contributed by atoms with Gasteiger partial charge in [0.2, 0.25) is 0 Å². The molecule has 6 nitrogen and oxygen atoms in total. The van der Waals surface area contributed by atoms with E-state index in [1.807, 2.05) is 0 Å². The molecule has 2 aromatic rings. The van der Waals surface area contributed by atoms with Crippen LogP contribution in [-0.4, -0.2) is 37.5 Å². The molecule has 1 heterocycles. The number of aliphatic hydroxyl groups excluding tert-OH is 1. The first kappa shape index (κ1) is 16.0. The predicted octanol–water partition coefficient (Wildman–Crippen LogP) is 1.68. The lowest BCUT2D eigenvalue weighted by Gasteiger charge is -2.26. The molecule has 0 amide bonds. The average Bonchev–Trinajstić information content (AvgIpc) is 3.00. The van der Waals surface area contributed by atoms with E-state index in [0.717, 1.165) is 0 Å². The Morgan fingerprint density at radius 1 is 1.18 bits per heavy atom. The van der Waals surface area contributed by atoms with Gasteiger partial charge < -0.3 is 5.11 Å². The van der Waals surface area contributed by atoms with E-state index in [2.05, 4.69) is 10.1 Å². The highest BCUT2D eigenvalue weighted by atomic mass is 16.3. The minimum absolute atomic E-state index is 0.379. The standard InChI is InChI=1S/C16H19N3O3/c1-16(2,3)15(22)14(21)12(19-10-17-9-18-19)13(20)11-7-5-4-6-8-11/h4-10,12,14,21H,1-3H3. The summed E-state index contributed by atoms with van der Waals surface area (Å²) in [6, 6.07) is 7.39.